The minimum absolute atomic E-state index is 0.0664. The van der Waals surface area contributed by atoms with Crippen molar-refractivity contribution < 1.29 is 18.3 Å². The first kappa shape index (κ1) is 10.6. The van der Waals surface area contributed by atoms with E-state index in [1.54, 1.807) is 0 Å². The molecule has 2 aromatic rings. The number of aromatic hydroxyl groups is 1. The molecule has 0 fully saturated rings. The fourth-order valence-electron chi connectivity index (χ4n) is 1.60. The lowest BCUT2D eigenvalue weighted by molar-refractivity contribution is 0.413. The molecule has 0 radical (unpaired) electrons. The smallest absolute Gasteiger partial charge is 0.201 e. The van der Waals surface area contributed by atoms with Crippen molar-refractivity contribution in [1.29, 1.82) is 0 Å². The Hall–Kier alpha value is -1.91. The van der Waals surface area contributed by atoms with Crippen molar-refractivity contribution in [2.45, 2.75) is 0 Å². The molecule has 2 N–H and O–H groups in total. The third-order valence-electron chi connectivity index (χ3n) is 2.36. The molecule has 0 heterocycles. The van der Waals surface area contributed by atoms with Gasteiger partial charge in [-0.2, -0.15) is 4.39 Å². The number of phenolic OH excluding ortho intramolecular Hbond substituents is 1. The van der Waals surface area contributed by atoms with Crippen LogP contribution in [0.4, 0.5) is 18.9 Å². The summed E-state index contributed by atoms with van der Waals surface area (Å²) in [6, 6.07) is 3.00. The zero-order valence-corrected chi connectivity index (χ0v) is 8.31. The van der Waals surface area contributed by atoms with Gasteiger partial charge in [-0.3, -0.25) is 0 Å². The molecule has 0 saturated carbocycles. The van der Waals surface area contributed by atoms with Crippen molar-refractivity contribution in [2.75, 3.05) is 12.4 Å². The Morgan fingerprint density at radius 3 is 2.38 bits per heavy atom. The van der Waals surface area contributed by atoms with Gasteiger partial charge >= 0.3 is 0 Å². The largest absolute Gasteiger partial charge is 0.504 e. The van der Waals surface area contributed by atoms with Crippen LogP contribution in [-0.2, 0) is 0 Å². The van der Waals surface area contributed by atoms with Gasteiger partial charge in [0, 0.05) is 23.5 Å². The van der Waals surface area contributed by atoms with Gasteiger partial charge in [-0.15, -0.1) is 0 Å². The number of hydrogen-bond donors (Lipinski definition) is 2. The Morgan fingerprint density at radius 1 is 1.06 bits per heavy atom. The molecular formula is C11H8F3NO. The molecule has 16 heavy (non-hydrogen) atoms. The van der Waals surface area contributed by atoms with Crippen molar-refractivity contribution in [1.82, 2.24) is 0 Å². The highest BCUT2D eigenvalue weighted by Crippen LogP contribution is 2.34. The molecule has 0 aliphatic rings. The number of anilines is 1. The van der Waals surface area contributed by atoms with Crippen LogP contribution in [-0.4, -0.2) is 12.2 Å². The summed E-state index contributed by atoms with van der Waals surface area (Å²) in [5, 5.41) is 12.2. The zero-order chi connectivity index (χ0) is 11.9. The van der Waals surface area contributed by atoms with Crippen LogP contribution >= 0.6 is 0 Å². The molecule has 0 unspecified atom stereocenters. The van der Waals surface area contributed by atoms with Crippen molar-refractivity contribution in [2.24, 2.45) is 0 Å². The summed E-state index contributed by atoms with van der Waals surface area (Å²) in [6.45, 7) is 0. The van der Waals surface area contributed by atoms with Crippen LogP contribution in [0.3, 0.4) is 0 Å². The Morgan fingerprint density at radius 2 is 1.75 bits per heavy atom. The van der Waals surface area contributed by atoms with Gasteiger partial charge in [0.25, 0.3) is 0 Å². The van der Waals surface area contributed by atoms with Crippen LogP contribution in [0, 0.1) is 17.5 Å². The standard InChI is InChI=1S/C11H8F3NO/c1-15-9-3-5(12)2-7-6(9)4-8(13)10(14)11(7)16/h2-4,15-16H,1H3. The minimum Gasteiger partial charge on any atom is -0.504 e. The number of rotatable bonds is 1. The van der Waals surface area contributed by atoms with E-state index in [0.717, 1.165) is 18.2 Å². The summed E-state index contributed by atoms with van der Waals surface area (Å²) in [4.78, 5) is 0. The molecule has 0 aliphatic carbocycles. The highest BCUT2D eigenvalue weighted by molar-refractivity contribution is 5.97. The average molecular weight is 227 g/mol. The molecule has 84 valence electrons. The summed E-state index contributed by atoms with van der Waals surface area (Å²) in [7, 11) is 1.52. The van der Waals surface area contributed by atoms with E-state index in [2.05, 4.69) is 5.32 Å². The molecule has 0 saturated heterocycles. The van der Waals surface area contributed by atoms with Crippen LogP contribution in [0.1, 0.15) is 0 Å². The minimum atomic E-state index is -1.37. The lowest BCUT2D eigenvalue weighted by atomic mass is 10.1. The maximum atomic E-state index is 13.1. The second-order valence-corrected chi connectivity index (χ2v) is 3.32. The van der Waals surface area contributed by atoms with Crippen molar-refractivity contribution in [3.63, 3.8) is 0 Å². The van der Waals surface area contributed by atoms with Gasteiger partial charge < -0.3 is 10.4 Å². The van der Waals surface area contributed by atoms with E-state index >= 15 is 0 Å². The Kier molecular flexibility index (Phi) is 2.38. The SMILES string of the molecule is CNc1cc(F)cc2c(O)c(F)c(F)cc12. The van der Waals surface area contributed by atoms with E-state index in [1.165, 1.54) is 7.05 Å². The van der Waals surface area contributed by atoms with Crippen LogP contribution in [0.5, 0.6) is 5.75 Å². The van der Waals surface area contributed by atoms with Crippen LogP contribution < -0.4 is 5.32 Å². The highest BCUT2D eigenvalue weighted by Gasteiger charge is 2.15. The first-order chi connectivity index (χ1) is 7.54. The molecule has 0 spiro atoms. The number of benzene rings is 2. The van der Waals surface area contributed by atoms with Crippen molar-refractivity contribution in [3.8, 4) is 5.75 Å². The molecule has 5 heteroatoms. The summed E-state index contributed by atoms with van der Waals surface area (Å²) >= 11 is 0. The van der Waals surface area contributed by atoms with Gasteiger partial charge in [-0.25, -0.2) is 8.78 Å². The van der Waals surface area contributed by atoms with Gasteiger partial charge in [0.1, 0.15) is 5.82 Å². The van der Waals surface area contributed by atoms with Crippen molar-refractivity contribution >= 4 is 16.5 Å². The van der Waals surface area contributed by atoms with Gasteiger partial charge in [-0.05, 0) is 18.2 Å². The summed E-state index contributed by atoms with van der Waals surface area (Å²) in [6.07, 6.45) is 0. The Balaban J connectivity index is 2.94. The lowest BCUT2D eigenvalue weighted by Gasteiger charge is -2.09. The molecule has 0 aromatic heterocycles. The third kappa shape index (κ3) is 1.44. The van der Waals surface area contributed by atoms with Crippen LogP contribution in [0.2, 0.25) is 0 Å². The first-order valence-corrected chi connectivity index (χ1v) is 4.52. The number of phenols is 1. The number of fused-ring (bicyclic) bond motifs is 1. The zero-order valence-electron chi connectivity index (χ0n) is 8.31. The number of halogens is 3. The van der Waals surface area contributed by atoms with Crippen molar-refractivity contribution in [3.05, 3.63) is 35.7 Å². The molecule has 2 rings (SSSR count). The predicted octanol–water partition coefficient (Wildman–Crippen LogP) is 3.00. The van der Waals surface area contributed by atoms with E-state index in [0.29, 0.717) is 0 Å². The lowest BCUT2D eigenvalue weighted by Crippen LogP contribution is -1.94. The fraction of sp³-hybridized carbons (Fsp3) is 0.0909. The van der Waals surface area contributed by atoms with Gasteiger partial charge in [0.15, 0.2) is 11.6 Å². The van der Waals surface area contributed by atoms with Gasteiger partial charge in [-0.1, -0.05) is 0 Å². The van der Waals surface area contributed by atoms with E-state index < -0.39 is 23.2 Å². The number of hydrogen-bond acceptors (Lipinski definition) is 2. The van der Waals surface area contributed by atoms with Gasteiger partial charge in [0.2, 0.25) is 5.82 Å². The highest BCUT2D eigenvalue weighted by atomic mass is 19.2. The summed E-state index contributed by atoms with van der Waals surface area (Å²) in [5.74, 6) is -4.07. The van der Waals surface area contributed by atoms with E-state index in [1.807, 2.05) is 0 Å². The van der Waals surface area contributed by atoms with Crippen LogP contribution in [0.15, 0.2) is 18.2 Å². The number of nitrogens with one attached hydrogen (secondary N) is 1. The second-order valence-electron chi connectivity index (χ2n) is 3.32. The van der Waals surface area contributed by atoms with E-state index in [-0.39, 0.29) is 16.5 Å². The second kappa shape index (κ2) is 3.59. The fourth-order valence-corrected chi connectivity index (χ4v) is 1.60. The summed E-state index contributed by atoms with van der Waals surface area (Å²) < 4.78 is 39.3. The maximum Gasteiger partial charge on any atom is 0.201 e. The van der Waals surface area contributed by atoms with Gasteiger partial charge in [0.05, 0.1) is 0 Å². The first-order valence-electron chi connectivity index (χ1n) is 4.52. The molecule has 2 nitrogen and oxygen atoms in total. The normalized spacial score (nSPS) is 10.8. The van der Waals surface area contributed by atoms with E-state index in [9.17, 15) is 18.3 Å². The quantitative estimate of drug-likeness (QED) is 0.784. The molecule has 0 aliphatic heterocycles. The molecule has 0 amide bonds. The maximum absolute atomic E-state index is 13.1. The Labute approximate surface area is 89.3 Å². The summed E-state index contributed by atoms with van der Waals surface area (Å²) in [5.41, 5.74) is 0.282. The monoisotopic (exact) mass is 227 g/mol. The molecular weight excluding hydrogens is 219 g/mol. The van der Waals surface area contributed by atoms with E-state index in [4.69, 9.17) is 0 Å². The molecule has 0 atom stereocenters. The average Bonchev–Trinajstić information content (AvgIpc) is 2.26. The predicted molar refractivity (Wildman–Crippen MR) is 55.0 cm³/mol. The topological polar surface area (TPSA) is 32.3 Å². The Bertz CT molecular complexity index is 569. The molecule has 0 bridgehead atoms. The molecule has 2 aromatic carbocycles. The third-order valence-corrected chi connectivity index (χ3v) is 2.36. The van der Waals surface area contributed by atoms with Crippen LogP contribution in [0.25, 0.3) is 10.8 Å².